The zero-order valence-corrected chi connectivity index (χ0v) is 22.5. The Morgan fingerprint density at radius 3 is 2.54 bits per heavy atom. The Morgan fingerprint density at radius 2 is 1.86 bits per heavy atom. The quantitative estimate of drug-likeness (QED) is 0.253. The third-order valence-electron chi connectivity index (χ3n) is 7.37. The molecule has 5 rings (SSSR count). The van der Waals surface area contributed by atoms with Crippen LogP contribution in [-0.4, -0.2) is 47.2 Å². The van der Waals surface area contributed by atoms with Crippen LogP contribution >= 0.6 is 11.3 Å². The van der Waals surface area contributed by atoms with E-state index in [4.69, 9.17) is 4.99 Å². The highest BCUT2D eigenvalue weighted by atomic mass is 32.1. The summed E-state index contributed by atoms with van der Waals surface area (Å²) in [6, 6.07) is 20.0. The van der Waals surface area contributed by atoms with Gasteiger partial charge in [-0.25, -0.2) is 4.99 Å². The van der Waals surface area contributed by atoms with Crippen LogP contribution in [0.15, 0.2) is 71.0 Å². The van der Waals surface area contributed by atoms with E-state index in [0.717, 1.165) is 11.3 Å². The Labute approximate surface area is 222 Å². The summed E-state index contributed by atoms with van der Waals surface area (Å²) in [6.07, 6.45) is 1.36. The molecule has 8 heteroatoms. The number of guanidine groups is 1. The zero-order valence-electron chi connectivity index (χ0n) is 21.7. The summed E-state index contributed by atoms with van der Waals surface area (Å²) in [4.78, 5) is 23.6. The molecule has 2 fully saturated rings. The number of amides is 1. The molecule has 2 aromatic carbocycles. The summed E-state index contributed by atoms with van der Waals surface area (Å²) in [7, 11) is 0. The number of phenolic OH excluding ortho intramolecular Hbond substituents is 1. The number of aliphatic imine (C=N–C) groups is 1. The highest BCUT2D eigenvalue weighted by Gasteiger charge is 2.50. The molecule has 7 nitrogen and oxygen atoms in total. The lowest BCUT2D eigenvalue weighted by atomic mass is 9.85. The van der Waals surface area contributed by atoms with Gasteiger partial charge in [-0.15, -0.1) is 11.3 Å². The number of para-hydroxylation sites is 1. The van der Waals surface area contributed by atoms with Crippen LogP contribution in [0.5, 0.6) is 5.75 Å². The van der Waals surface area contributed by atoms with E-state index >= 15 is 0 Å². The molecule has 0 bridgehead atoms. The van der Waals surface area contributed by atoms with Crippen LogP contribution < -0.4 is 15.5 Å². The van der Waals surface area contributed by atoms with Crippen molar-refractivity contribution in [3.8, 4) is 5.75 Å². The van der Waals surface area contributed by atoms with Gasteiger partial charge in [0.25, 0.3) is 0 Å². The van der Waals surface area contributed by atoms with Gasteiger partial charge in [-0.2, -0.15) is 0 Å². The highest BCUT2D eigenvalue weighted by Crippen LogP contribution is 2.37. The molecule has 37 heavy (non-hydrogen) atoms. The van der Waals surface area contributed by atoms with Crippen LogP contribution in [0, 0.1) is 0 Å². The lowest BCUT2D eigenvalue weighted by Crippen LogP contribution is -2.58. The molecule has 0 unspecified atom stereocenters. The van der Waals surface area contributed by atoms with Crippen LogP contribution in [-0.2, 0) is 16.8 Å². The average Bonchev–Trinajstić information content (AvgIpc) is 3.52. The van der Waals surface area contributed by atoms with Crippen LogP contribution in [0.25, 0.3) is 0 Å². The first-order chi connectivity index (χ1) is 17.8. The van der Waals surface area contributed by atoms with Gasteiger partial charge in [-0.1, -0.05) is 51.1 Å². The van der Waals surface area contributed by atoms with Gasteiger partial charge in [0.15, 0.2) is 5.96 Å². The summed E-state index contributed by atoms with van der Waals surface area (Å²) >= 11 is 1.68. The number of aromatic hydroxyl groups is 1. The maximum absolute atomic E-state index is 13.1. The largest absolute Gasteiger partial charge is 0.506 e. The molecule has 3 heterocycles. The average molecular weight is 518 g/mol. The van der Waals surface area contributed by atoms with E-state index in [1.165, 1.54) is 4.88 Å². The molecule has 0 saturated carbocycles. The van der Waals surface area contributed by atoms with E-state index in [0.29, 0.717) is 50.8 Å². The van der Waals surface area contributed by atoms with Crippen molar-refractivity contribution in [1.29, 1.82) is 0 Å². The predicted octanol–water partition coefficient (Wildman–Crippen LogP) is 5.15. The molecule has 0 aliphatic carbocycles. The van der Waals surface area contributed by atoms with Crippen LogP contribution in [0.4, 0.5) is 11.4 Å². The minimum Gasteiger partial charge on any atom is -0.506 e. The molecular weight excluding hydrogens is 482 g/mol. The van der Waals surface area contributed by atoms with Crippen molar-refractivity contribution < 1.29 is 9.90 Å². The van der Waals surface area contributed by atoms with Crippen molar-refractivity contribution in [2.75, 3.05) is 30.0 Å². The van der Waals surface area contributed by atoms with E-state index in [1.807, 2.05) is 36.4 Å². The molecule has 2 saturated heterocycles. The van der Waals surface area contributed by atoms with Crippen LogP contribution in [0.1, 0.15) is 44.1 Å². The smallest absolute Gasteiger partial charge is 0.247 e. The first-order valence-electron chi connectivity index (χ1n) is 12.8. The third-order valence-corrected chi connectivity index (χ3v) is 8.23. The molecule has 0 atom stereocenters. The normalized spacial score (nSPS) is 17.8. The van der Waals surface area contributed by atoms with Crippen molar-refractivity contribution in [2.24, 2.45) is 4.99 Å². The lowest BCUT2D eigenvalue weighted by molar-refractivity contribution is -0.124. The molecular formula is C29H35N5O2S. The molecule has 1 aromatic heterocycles. The van der Waals surface area contributed by atoms with Gasteiger partial charge in [-0.05, 0) is 59.5 Å². The Hall–Kier alpha value is -3.52. The Bertz CT molecular complexity index is 1260. The summed E-state index contributed by atoms with van der Waals surface area (Å²) in [5.41, 5.74) is 2.21. The standard InChI is InChI=1S/C29H35N5O2S/c1-28(2,3)21-11-12-25(35)24(18-21)32-27(30-19-23-10-7-17-37-23)33-15-13-29(14-16-33)26(36)31-20-34(29)22-8-5-4-6-9-22/h4-12,17-18,35H,13-16,19-20H2,1-3H3,(H,30,32)(H,31,36). The lowest BCUT2D eigenvalue weighted by Gasteiger charge is -2.44. The second-order valence-corrected chi connectivity index (χ2v) is 11.8. The van der Waals surface area contributed by atoms with Gasteiger partial charge in [-0.3, -0.25) is 4.79 Å². The van der Waals surface area contributed by atoms with Crippen molar-refractivity contribution in [3.05, 3.63) is 76.5 Å². The minimum atomic E-state index is -0.564. The van der Waals surface area contributed by atoms with Gasteiger partial charge in [0, 0.05) is 23.7 Å². The number of benzene rings is 2. The van der Waals surface area contributed by atoms with E-state index in [9.17, 15) is 9.90 Å². The summed E-state index contributed by atoms with van der Waals surface area (Å²) < 4.78 is 0. The number of piperidine rings is 1. The number of thiophene rings is 1. The number of hydrogen-bond donors (Lipinski definition) is 3. The number of nitrogens with one attached hydrogen (secondary N) is 2. The van der Waals surface area contributed by atoms with E-state index in [2.05, 4.69) is 64.8 Å². The Balaban J connectivity index is 1.40. The van der Waals surface area contributed by atoms with E-state index < -0.39 is 5.54 Å². The van der Waals surface area contributed by atoms with Gasteiger partial charge < -0.3 is 25.5 Å². The van der Waals surface area contributed by atoms with Crippen molar-refractivity contribution in [2.45, 2.75) is 51.1 Å². The fourth-order valence-electron chi connectivity index (χ4n) is 5.12. The first kappa shape index (κ1) is 25.1. The molecule has 1 spiro atoms. The summed E-state index contributed by atoms with van der Waals surface area (Å²) in [5.74, 6) is 1.00. The Morgan fingerprint density at radius 1 is 1.11 bits per heavy atom. The summed E-state index contributed by atoms with van der Waals surface area (Å²) in [5, 5.41) is 19.2. The summed E-state index contributed by atoms with van der Waals surface area (Å²) in [6.45, 7) is 8.89. The molecule has 1 amide bonds. The van der Waals surface area contributed by atoms with Crippen molar-refractivity contribution in [1.82, 2.24) is 10.2 Å². The number of anilines is 2. The Kier molecular flexibility index (Phi) is 6.86. The first-order valence-corrected chi connectivity index (χ1v) is 13.7. The van der Waals surface area contributed by atoms with Crippen molar-refractivity contribution in [3.63, 3.8) is 0 Å². The fraction of sp³-hybridized carbons (Fsp3) is 0.379. The number of likely N-dealkylation sites (tertiary alicyclic amines) is 1. The molecule has 3 N–H and O–H groups in total. The topological polar surface area (TPSA) is 80.2 Å². The zero-order chi connectivity index (χ0) is 26.0. The van der Waals surface area contributed by atoms with E-state index in [-0.39, 0.29) is 17.1 Å². The van der Waals surface area contributed by atoms with Crippen molar-refractivity contribution >= 4 is 34.6 Å². The van der Waals surface area contributed by atoms with Gasteiger partial charge >= 0.3 is 0 Å². The monoisotopic (exact) mass is 517 g/mol. The maximum Gasteiger partial charge on any atom is 0.247 e. The van der Waals surface area contributed by atoms with Gasteiger partial charge in [0.1, 0.15) is 11.3 Å². The van der Waals surface area contributed by atoms with Crippen LogP contribution in [0.3, 0.4) is 0 Å². The fourth-order valence-corrected chi connectivity index (χ4v) is 5.75. The number of phenols is 1. The molecule has 3 aromatic rings. The molecule has 2 aliphatic rings. The van der Waals surface area contributed by atoms with E-state index in [1.54, 1.807) is 17.4 Å². The second-order valence-electron chi connectivity index (χ2n) is 10.8. The predicted molar refractivity (Wildman–Crippen MR) is 151 cm³/mol. The third kappa shape index (κ3) is 5.16. The number of nitrogens with zero attached hydrogens (tertiary/aromatic N) is 3. The number of rotatable bonds is 4. The minimum absolute atomic E-state index is 0.0490. The molecule has 2 aliphatic heterocycles. The number of carbonyl (C=O) groups excluding carboxylic acids is 1. The molecule has 0 radical (unpaired) electrons. The van der Waals surface area contributed by atoms with Gasteiger partial charge in [0.05, 0.1) is 18.9 Å². The highest BCUT2D eigenvalue weighted by molar-refractivity contribution is 7.09. The second kappa shape index (κ2) is 10.1. The maximum atomic E-state index is 13.1. The SMILES string of the molecule is CC(C)(C)c1ccc(O)c(NC(=NCc2cccs2)N2CCC3(CC2)C(=O)NCN3c2ccccc2)c1. The van der Waals surface area contributed by atoms with Gasteiger partial charge in [0.2, 0.25) is 5.91 Å². The number of hydrogen-bond acceptors (Lipinski definition) is 5. The molecule has 194 valence electrons. The number of carbonyl (C=O) groups is 1. The van der Waals surface area contributed by atoms with Crippen LogP contribution in [0.2, 0.25) is 0 Å².